The zero-order valence-electron chi connectivity index (χ0n) is 13.5. The molecule has 1 unspecified atom stereocenters. The molecule has 126 valence electrons. The number of nitrogens with zero attached hydrogens (tertiary/aromatic N) is 1. The second kappa shape index (κ2) is 7.34. The smallest absolute Gasteiger partial charge is 0.335 e. The van der Waals surface area contributed by atoms with E-state index >= 15 is 0 Å². The first-order chi connectivity index (χ1) is 11.6. The molecular weight excluding hydrogens is 306 g/mol. The average Bonchev–Trinajstić information content (AvgIpc) is 2.99. The number of carbonyl (C=O) groups excluding carboxylic acids is 1. The van der Waals surface area contributed by atoms with Gasteiger partial charge in [0.1, 0.15) is 5.76 Å². The Hall–Kier alpha value is -2.56. The van der Waals surface area contributed by atoms with Crippen LogP contribution in [0, 0.1) is 0 Å². The second-order valence-corrected chi connectivity index (χ2v) is 6.15. The van der Waals surface area contributed by atoms with Crippen LogP contribution in [0.2, 0.25) is 0 Å². The molecule has 1 aromatic carbocycles. The van der Waals surface area contributed by atoms with E-state index in [-0.39, 0.29) is 23.9 Å². The molecule has 2 aromatic rings. The SMILES string of the molecule is O=C(O)c1ccc(CC(=O)N2CCCCCC2c2ccco2)cc1. The Bertz CT molecular complexity index is 691. The van der Waals surface area contributed by atoms with Gasteiger partial charge in [0.25, 0.3) is 0 Å². The number of furan rings is 1. The fourth-order valence-electron chi connectivity index (χ4n) is 3.22. The number of rotatable bonds is 4. The largest absolute Gasteiger partial charge is 0.478 e. The van der Waals surface area contributed by atoms with E-state index in [0.717, 1.165) is 43.6 Å². The van der Waals surface area contributed by atoms with E-state index in [9.17, 15) is 9.59 Å². The third-order valence-electron chi connectivity index (χ3n) is 4.50. The molecule has 24 heavy (non-hydrogen) atoms. The summed E-state index contributed by atoms with van der Waals surface area (Å²) in [7, 11) is 0. The van der Waals surface area contributed by atoms with Gasteiger partial charge in [0.05, 0.1) is 24.3 Å². The summed E-state index contributed by atoms with van der Waals surface area (Å²) in [5, 5.41) is 8.95. The molecule has 1 fully saturated rings. The minimum atomic E-state index is -0.960. The van der Waals surface area contributed by atoms with Gasteiger partial charge >= 0.3 is 5.97 Å². The van der Waals surface area contributed by atoms with Gasteiger partial charge < -0.3 is 14.4 Å². The van der Waals surface area contributed by atoms with Crippen LogP contribution < -0.4 is 0 Å². The average molecular weight is 327 g/mol. The van der Waals surface area contributed by atoms with Crippen molar-refractivity contribution in [1.29, 1.82) is 0 Å². The molecular formula is C19H21NO4. The number of hydrogen-bond acceptors (Lipinski definition) is 3. The van der Waals surface area contributed by atoms with E-state index in [4.69, 9.17) is 9.52 Å². The summed E-state index contributed by atoms with van der Waals surface area (Å²) in [6, 6.07) is 10.3. The number of likely N-dealkylation sites (tertiary alicyclic amines) is 1. The summed E-state index contributed by atoms with van der Waals surface area (Å²) in [4.78, 5) is 25.6. The van der Waals surface area contributed by atoms with Gasteiger partial charge in [-0.15, -0.1) is 0 Å². The van der Waals surface area contributed by atoms with Gasteiger partial charge in [0.15, 0.2) is 0 Å². The Morgan fingerprint density at radius 3 is 2.58 bits per heavy atom. The van der Waals surface area contributed by atoms with Gasteiger partial charge in [-0.25, -0.2) is 4.79 Å². The first-order valence-corrected chi connectivity index (χ1v) is 8.30. The number of benzene rings is 1. The van der Waals surface area contributed by atoms with Crippen LogP contribution in [0.4, 0.5) is 0 Å². The van der Waals surface area contributed by atoms with E-state index in [2.05, 4.69) is 0 Å². The van der Waals surface area contributed by atoms with E-state index in [0.29, 0.717) is 0 Å². The van der Waals surface area contributed by atoms with Crippen LogP contribution in [-0.4, -0.2) is 28.4 Å². The molecule has 1 N–H and O–H groups in total. The lowest BCUT2D eigenvalue weighted by molar-refractivity contribution is -0.133. The van der Waals surface area contributed by atoms with Crippen LogP contribution in [0.5, 0.6) is 0 Å². The van der Waals surface area contributed by atoms with Gasteiger partial charge in [0, 0.05) is 6.54 Å². The summed E-state index contributed by atoms with van der Waals surface area (Å²) < 4.78 is 5.54. The van der Waals surface area contributed by atoms with Crippen molar-refractivity contribution in [2.24, 2.45) is 0 Å². The topological polar surface area (TPSA) is 70.8 Å². The van der Waals surface area contributed by atoms with E-state index in [1.807, 2.05) is 17.0 Å². The fraction of sp³-hybridized carbons (Fsp3) is 0.368. The van der Waals surface area contributed by atoms with Crippen molar-refractivity contribution in [2.45, 2.75) is 38.1 Å². The number of carbonyl (C=O) groups is 2. The Kier molecular flexibility index (Phi) is 4.99. The van der Waals surface area contributed by atoms with Crippen LogP contribution >= 0.6 is 0 Å². The summed E-state index contributed by atoms with van der Waals surface area (Å²) in [6.07, 6.45) is 6.04. The van der Waals surface area contributed by atoms with Crippen LogP contribution in [0.25, 0.3) is 0 Å². The zero-order valence-corrected chi connectivity index (χ0v) is 13.5. The molecule has 0 aliphatic carbocycles. The molecule has 5 nitrogen and oxygen atoms in total. The molecule has 1 aromatic heterocycles. The molecule has 5 heteroatoms. The monoisotopic (exact) mass is 327 g/mol. The quantitative estimate of drug-likeness (QED) is 0.930. The van der Waals surface area contributed by atoms with Crippen LogP contribution in [0.15, 0.2) is 47.1 Å². The zero-order chi connectivity index (χ0) is 16.9. The predicted octanol–water partition coefficient (Wildman–Crippen LogP) is 3.66. The number of aromatic carboxylic acids is 1. The summed E-state index contributed by atoms with van der Waals surface area (Å²) in [5.41, 5.74) is 1.06. The van der Waals surface area contributed by atoms with Crippen molar-refractivity contribution in [3.05, 3.63) is 59.5 Å². The number of amides is 1. The van der Waals surface area contributed by atoms with Crippen molar-refractivity contribution in [3.63, 3.8) is 0 Å². The Morgan fingerprint density at radius 1 is 1.12 bits per heavy atom. The fourth-order valence-corrected chi connectivity index (χ4v) is 3.22. The molecule has 0 spiro atoms. The van der Waals surface area contributed by atoms with Crippen LogP contribution in [0.1, 0.15) is 53.4 Å². The minimum absolute atomic E-state index is 0.00621. The highest BCUT2D eigenvalue weighted by molar-refractivity contribution is 5.87. The van der Waals surface area contributed by atoms with Crippen molar-refractivity contribution >= 4 is 11.9 Å². The minimum Gasteiger partial charge on any atom is -0.478 e. The van der Waals surface area contributed by atoms with Gasteiger partial charge in [0.2, 0.25) is 5.91 Å². The van der Waals surface area contributed by atoms with Gasteiger partial charge in [-0.05, 0) is 42.7 Å². The predicted molar refractivity (Wildman–Crippen MR) is 88.7 cm³/mol. The summed E-state index contributed by atoms with van der Waals surface area (Å²) in [5.74, 6) is -0.0638. The lowest BCUT2D eigenvalue weighted by Crippen LogP contribution is -2.35. The lowest BCUT2D eigenvalue weighted by Gasteiger charge is -2.28. The second-order valence-electron chi connectivity index (χ2n) is 6.15. The van der Waals surface area contributed by atoms with Gasteiger partial charge in [-0.1, -0.05) is 25.0 Å². The maximum atomic E-state index is 12.8. The number of carboxylic acids is 1. The summed E-state index contributed by atoms with van der Waals surface area (Å²) >= 11 is 0. The first kappa shape index (κ1) is 16.3. The van der Waals surface area contributed by atoms with E-state index in [1.165, 1.54) is 12.1 Å². The maximum absolute atomic E-state index is 12.8. The van der Waals surface area contributed by atoms with Crippen LogP contribution in [-0.2, 0) is 11.2 Å². The van der Waals surface area contributed by atoms with E-state index < -0.39 is 5.97 Å². The molecule has 1 atom stereocenters. The first-order valence-electron chi connectivity index (χ1n) is 8.30. The van der Waals surface area contributed by atoms with Gasteiger partial charge in [-0.3, -0.25) is 4.79 Å². The molecule has 1 aliphatic rings. The summed E-state index contributed by atoms with van der Waals surface area (Å²) in [6.45, 7) is 0.734. The molecule has 3 rings (SSSR count). The Balaban J connectivity index is 1.74. The van der Waals surface area contributed by atoms with Gasteiger partial charge in [-0.2, -0.15) is 0 Å². The highest BCUT2D eigenvalue weighted by Gasteiger charge is 2.28. The third-order valence-corrected chi connectivity index (χ3v) is 4.50. The molecule has 1 saturated heterocycles. The number of carboxylic acid groups (broad SMARTS) is 1. The van der Waals surface area contributed by atoms with E-state index in [1.54, 1.807) is 18.4 Å². The van der Waals surface area contributed by atoms with Crippen molar-refractivity contribution in [2.75, 3.05) is 6.54 Å². The van der Waals surface area contributed by atoms with Crippen molar-refractivity contribution < 1.29 is 19.1 Å². The maximum Gasteiger partial charge on any atom is 0.335 e. The Morgan fingerprint density at radius 2 is 1.92 bits per heavy atom. The molecule has 1 amide bonds. The molecule has 0 bridgehead atoms. The molecule has 0 radical (unpaired) electrons. The molecule has 1 aliphatic heterocycles. The number of hydrogen-bond donors (Lipinski definition) is 1. The Labute approximate surface area is 140 Å². The standard InChI is InChI=1S/C19H21NO4/c21-18(13-14-7-9-15(10-8-14)19(22)23)20-11-3-1-2-5-16(20)17-6-4-12-24-17/h4,6-10,12,16H,1-3,5,11,13H2,(H,22,23). The highest BCUT2D eigenvalue weighted by atomic mass is 16.4. The molecule has 2 heterocycles. The lowest BCUT2D eigenvalue weighted by atomic mass is 10.1. The molecule has 0 saturated carbocycles. The normalized spacial score (nSPS) is 18.2. The third kappa shape index (κ3) is 3.67. The highest BCUT2D eigenvalue weighted by Crippen LogP contribution is 2.31. The van der Waals surface area contributed by atoms with Crippen LogP contribution in [0.3, 0.4) is 0 Å². The van der Waals surface area contributed by atoms with Crippen molar-refractivity contribution in [3.8, 4) is 0 Å². The van der Waals surface area contributed by atoms with Crippen molar-refractivity contribution in [1.82, 2.24) is 4.90 Å².